The van der Waals surface area contributed by atoms with Gasteiger partial charge in [-0.3, -0.25) is 4.79 Å². The Labute approximate surface area is 82.8 Å². The molecule has 1 fully saturated rings. The summed E-state index contributed by atoms with van der Waals surface area (Å²) in [6.07, 6.45) is 2.40. The Morgan fingerprint density at radius 3 is 3.00 bits per heavy atom. The Morgan fingerprint density at radius 1 is 1.57 bits per heavy atom. The Kier molecular flexibility index (Phi) is 2.36. The van der Waals surface area contributed by atoms with Crippen molar-refractivity contribution in [2.24, 2.45) is 0 Å². The van der Waals surface area contributed by atoms with E-state index >= 15 is 0 Å². The van der Waals surface area contributed by atoms with E-state index in [4.69, 9.17) is 0 Å². The summed E-state index contributed by atoms with van der Waals surface area (Å²) < 4.78 is 1.43. The highest BCUT2D eigenvalue weighted by Gasteiger charge is 2.25. The van der Waals surface area contributed by atoms with Crippen LogP contribution in [0.5, 0.6) is 0 Å². The minimum Gasteiger partial charge on any atom is -0.268 e. The van der Waals surface area contributed by atoms with Gasteiger partial charge in [0.05, 0.1) is 5.69 Å². The molecule has 2 rings (SSSR count). The second kappa shape index (κ2) is 3.67. The lowest BCUT2D eigenvalue weighted by atomic mass is 10.3. The van der Waals surface area contributed by atoms with E-state index in [1.807, 2.05) is 6.07 Å². The topological polar surface area (TPSA) is 34.9 Å². The second-order valence-corrected chi connectivity index (χ2v) is 3.46. The van der Waals surface area contributed by atoms with Crippen LogP contribution in [0, 0.1) is 11.8 Å². The molecule has 0 atom stereocenters. The van der Waals surface area contributed by atoms with Crippen LogP contribution < -0.4 is 5.56 Å². The Bertz CT molecular complexity index is 446. The summed E-state index contributed by atoms with van der Waals surface area (Å²) >= 11 is 0. The Balaban J connectivity index is 2.30. The first kappa shape index (κ1) is 9.01. The van der Waals surface area contributed by atoms with E-state index < -0.39 is 0 Å². The van der Waals surface area contributed by atoms with E-state index in [2.05, 4.69) is 16.9 Å². The predicted molar refractivity (Wildman–Crippen MR) is 53.9 cm³/mol. The van der Waals surface area contributed by atoms with Crippen molar-refractivity contribution >= 4 is 0 Å². The molecule has 0 saturated heterocycles. The van der Waals surface area contributed by atoms with Crippen molar-refractivity contribution in [1.82, 2.24) is 9.78 Å². The zero-order valence-corrected chi connectivity index (χ0v) is 8.16. The molecule has 0 aliphatic heterocycles. The third-order valence-electron chi connectivity index (χ3n) is 2.29. The van der Waals surface area contributed by atoms with Gasteiger partial charge in [0.2, 0.25) is 0 Å². The van der Waals surface area contributed by atoms with Crippen molar-refractivity contribution in [3.05, 3.63) is 28.2 Å². The molecule has 0 radical (unpaired) electrons. The van der Waals surface area contributed by atoms with Crippen LogP contribution in [-0.4, -0.2) is 9.78 Å². The van der Waals surface area contributed by atoms with E-state index in [0.717, 1.165) is 5.69 Å². The number of aromatic nitrogens is 2. The summed E-state index contributed by atoms with van der Waals surface area (Å²) in [7, 11) is 0. The highest BCUT2D eigenvalue weighted by Crippen LogP contribution is 2.38. The number of hydrogen-bond acceptors (Lipinski definition) is 2. The molecule has 1 aromatic heterocycles. The van der Waals surface area contributed by atoms with Gasteiger partial charge in [0, 0.05) is 12.0 Å². The minimum atomic E-state index is -0.0721. The van der Waals surface area contributed by atoms with Crippen LogP contribution in [-0.2, 0) is 6.54 Å². The fourth-order valence-electron chi connectivity index (χ4n) is 1.33. The van der Waals surface area contributed by atoms with Gasteiger partial charge in [-0.2, -0.15) is 5.10 Å². The lowest BCUT2D eigenvalue weighted by Crippen LogP contribution is -2.22. The maximum atomic E-state index is 11.4. The van der Waals surface area contributed by atoms with Crippen molar-refractivity contribution in [2.45, 2.75) is 32.2 Å². The van der Waals surface area contributed by atoms with Gasteiger partial charge >= 0.3 is 0 Å². The molecule has 0 N–H and O–H groups in total. The van der Waals surface area contributed by atoms with Crippen molar-refractivity contribution < 1.29 is 0 Å². The largest absolute Gasteiger partial charge is 0.268 e. The molecule has 3 nitrogen and oxygen atoms in total. The summed E-state index contributed by atoms with van der Waals surface area (Å²) in [5.74, 6) is 6.18. The molecule has 14 heavy (non-hydrogen) atoms. The van der Waals surface area contributed by atoms with Gasteiger partial charge in [0.15, 0.2) is 0 Å². The maximum absolute atomic E-state index is 11.4. The maximum Gasteiger partial charge on any atom is 0.267 e. The molecule has 0 spiro atoms. The molecule has 1 saturated carbocycles. The molecule has 0 aromatic carbocycles. The number of nitrogens with zero attached hydrogens (tertiary/aromatic N) is 2. The molecule has 1 aliphatic rings. The van der Waals surface area contributed by atoms with Gasteiger partial charge in [-0.15, -0.1) is 5.92 Å². The van der Waals surface area contributed by atoms with E-state index in [-0.39, 0.29) is 5.56 Å². The van der Waals surface area contributed by atoms with Gasteiger partial charge in [-0.25, -0.2) is 4.68 Å². The van der Waals surface area contributed by atoms with Gasteiger partial charge in [0.1, 0.15) is 6.54 Å². The first-order valence-electron chi connectivity index (χ1n) is 4.79. The SMILES string of the molecule is CC#CCn1nc(C2CC2)ccc1=O. The van der Waals surface area contributed by atoms with Crippen LogP contribution >= 0.6 is 0 Å². The molecule has 0 amide bonds. The van der Waals surface area contributed by atoms with Crippen molar-refractivity contribution in [2.75, 3.05) is 0 Å². The minimum absolute atomic E-state index is 0.0721. The third-order valence-corrected chi connectivity index (χ3v) is 2.29. The monoisotopic (exact) mass is 188 g/mol. The summed E-state index contributed by atoms with van der Waals surface area (Å²) in [6.45, 7) is 2.16. The lowest BCUT2D eigenvalue weighted by molar-refractivity contribution is 0.640. The fraction of sp³-hybridized carbons (Fsp3) is 0.455. The quantitative estimate of drug-likeness (QED) is 0.652. The normalized spacial score (nSPS) is 14.6. The molecule has 0 unspecified atom stereocenters. The Morgan fingerprint density at radius 2 is 2.36 bits per heavy atom. The number of hydrogen-bond donors (Lipinski definition) is 0. The predicted octanol–water partition coefficient (Wildman–Crippen LogP) is 1.14. The Hall–Kier alpha value is -1.56. The third kappa shape index (κ3) is 1.85. The van der Waals surface area contributed by atoms with Crippen LogP contribution in [0.15, 0.2) is 16.9 Å². The van der Waals surface area contributed by atoms with Crippen LogP contribution in [0.3, 0.4) is 0 Å². The second-order valence-electron chi connectivity index (χ2n) is 3.46. The fourth-order valence-corrected chi connectivity index (χ4v) is 1.33. The van der Waals surface area contributed by atoms with Gasteiger partial charge in [0.25, 0.3) is 5.56 Å². The van der Waals surface area contributed by atoms with Crippen molar-refractivity contribution in [3.63, 3.8) is 0 Å². The van der Waals surface area contributed by atoms with E-state index in [0.29, 0.717) is 12.5 Å². The smallest absolute Gasteiger partial charge is 0.267 e. The van der Waals surface area contributed by atoms with Crippen LogP contribution in [0.4, 0.5) is 0 Å². The van der Waals surface area contributed by atoms with E-state index in [1.165, 1.54) is 17.5 Å². The van der Waals surface area contributed by atoms with Crippen LogP contribution in [0.2, 0.25) is 0 Å². The van der Waals surface area contributed by atoms with E-state index in [1.54, 1.807) is 13.0 Å². The average Bonchev–Trinajstić information content (AvgIpc) is 3.00. The van der Waals surface area contributed by atoms with Crippen LogP contribution in [0.1, 0.15) is 31.4 Å². The van der Waals surface area contributed by atoms with Crippen molar-refractivity contribution in [3.8, 4) is 11.8 Å². The van der Waals surface area contributed by atoms with Gasteiger partial charge in [-0.1, -0.05) is 5.92 Å². The molecular formula is C11H12N2O. The van der Waals surface area contributed by atoms with Gasteiger partial charge in [-0.05, 0) is 25.8 Å². The van der Waals surface area contributed by atoms with E-state index in [9.17, 15) is 4.79 Å². The highest BCUT2D eigenvalue weighted by molar-refractivity contribution is 5.13. The highest BCUT2D eigenvalue weighted by atomic mass is 16.1. The standard InChI is InChI=1S/C11H12N2O/c1-2-3-8-13-11(14)7-6-10(12-13)9-4-5-9/h6-7,9H,4-5,8H2,1H3. The molecule has 0 bridgehead atoms. The summed E-state index contributed by atoms with van der Waals surface area (Å²) in [4.78, 5) is 11.4. The molecule has 1 heterocycles. The van der Waals surface area contributed by atoms with Gasteiger partial charge < -0.3 is 0 Å². The first-order valence-corrected chi connectivity index (χ1v) is 4.79. The molecular weight excluding hydrogens is 176 g/mol. The molecule has 72 valence electrons. The van der Waals surface area contributed by atoms with Crippen molar-refractivity contribution in [1.29, 1.82) is 0 Å². The summed E-state index contributed by atoms with van der Waals surface area (Å²) in [5.41, 5.74) is 0.958. The summed E-state index contributed by atoms with van der Waals surface area (Å²) in [5, 5.41) is 4.27. The first-order chi connectivity index (χ1) is 6.81. The summed E-state index contributed by atoms with van der Waals surface area (Å²) in [6, 6.07) is 3.41. The molecule has 1 aliphatic carbocycles. The zero-order valence-electron chi connectivity index (χ0n) is 8.16. The van der Waals surface area contributed by atoms with Crippen LogP contribution in [0.25, 0.3) is 0 Å². The average molecular weight is 188 g/mol. The number of rotatable bonds is 2. The lowest BCUT2D eigenvalue weighted by Gasteiger charge is -2.01. The molecule has 1 aromatic rings. The zero-order chi connectivity index (χ0) is 9.97. The molecule has 3 heteroatoms.